The first-order chi connectivity index (χ1) is 5.68. The number of rotatable bonds is 5. The lowest BCUT2D eigenvalue weighted by molar-refractivity contribution is -0.139. The highest BCUT2D eigenvalue weighted by Crippen LogP contribution is 2.37. The highest BCUT2D eigenvalue weighted by Gasteiger charge is 2.30. The van der Waals surface area contributed by atoms with E-state index in [9.17, 15) is 4.79 Å². The third kappa shape index (κ3) is 6.08. The van der Waals surface area contributed by atoms with Gasteiger partial charge in [0.1, 0.15) is 0 Å². The summed E-state index contributed by atoms with van der Waals surface area (Å²) >= 11 is 3.61. The highest BCUT2D eigenvalue weighted by atomic mass is 79.9. The Labute approximate surface area is 88.8 Å². The van der Waals surface area contributed by atoms with Crippen LogP contribution in [0.1, 0.15) is 47.0 Å². The first-order valence-electron chi connectivity index (χ1n) is 4.59. The van der Waals surface area contributed by atoms with Crippen molar-refractivity contribution in [2.75, 3.05) is 0 Å². The topological polar surface area (TPSA) is 37.3 Å². The summed E-state index contributed by atoms with van der Waals surface area (Å²) < 4.78 is 0.0615. The van der Waals surface area contributed by atoms with Gasteiger partial charge in [0.25, 0.3) is 0 Å². The van der Waals surface area contributed by atoms with Crippen LogP contribution in [-0.4, -0.2) is 15.4 Å². The third-order valence-corrected chi connectivity index (χ3v) is 3.06. The second-order valence-corrected chi connectivity index (χ2v) is 6.59. The Balaban J connectivity index is 4.24. The van der Waals surface area contributed by atoms with Crippen molar-refractivity contribution in [2.45, 2.75) is 51.3 Å². The number of carboxylic acids is 1. The van der Waals surface area contributed by atoms with Gasteiger partial charge in [-0.15, -0.1) is 0 Å². The Bertz CT molecular complexity index is 185. The van der Waals surface area contributed by atoms with Gasteiger partial charge in [-0.25, -0.2) is 0 Å². The number of carboxylic acid groups (broad SMARTS) is 1. The van der Waals surface area contributed by atoms with Crippen LogP contribution in [0.2, 0.25) is 0 Å². The summed E-state index contributed by atoms with van der Waals surface area (Å²) in [6, 6.07) is 0. The minimum atomic E-state index is -0.718. The molecule has 0 aromatic heterocycles. The summed E-state index contributed by atoms with van der Waals surface area (Å²) in [5.41, 5.74) is -0.139. The van der Waals surface area contributed by atoms with Crippen molar-refractivity contribution in [1.82, 2.24) is 0 Å². The fraction of sp³-hybridized carbons (Fsp3) is 0.900. The molecule has 0 radical (unpaired) electrons. The molecule has 0 aromatic carbocycles. The molecule has 0 bridgehead atoms. The third-order valence-electron chi connectivity index (χ3n) is 2.21. The van der Waals surface area contributed by atoms with Crippen LogP contribution < -0.4 is 0 Å². The molecule has 0 rings (SSSR count). The van der Waals surface area contributed by atoms with Crippen molar-refractivity contribution in [2.24, 2.45) is 5.41 Å². The van der Waals surface area contributed by atoms with Crippen molar-refractivity contribution in [3.63, 3.8) is 0 Å². The Morgan fingerprint density at radius 3 is 2.15 bits per heavy atom. The average Bonchev–Trinajstić information content (AvgIpc) is 1.81. The summed E-state index contributed by atoms with van der Waals surface area (Å²) in [5.74, 6) is -0.718. The quantitative estimate of drug-likeness (QED) is 0.760. The Morgan fingerprint density at radius 2 is 1.85 bits per heavy atom. The molecule has 2 nitrogen and oxygen atoms in total. The summed E-state index contributed by atoms with van der Waals surface area (Å²) in [5, 5.41) is 8.70. The first-order valence-corrected chi connectivity index (χ1v) is 5.38. The van der Waals surface area contributed by atoms with Gasteiger partial charge < -0.3 is 5.11 Å². The normalized spacial score (nSPS) is 16.7. The van der Waals surface area contributed by atoms with Gasteiger partial charge in [-0.1, -0.05) is 36.7 Å². The highest BCUT2D eigenvalue weighted by molar-refractivity contribution is 9.10. The van der Waals surface area contributed by atoms with E-state index in [2.05, 4.69) is 29.8 Å². The number of aliphatic carboxylic acids is 1. The number of carbonyl (C=O) groups is 1. The minimum absolute atomic E-state index is 0.0615. The number of alkyl halides is 1. The van der Waals surface area contributed by atoms with Crippen LogP contribution in [0.3, 0.4) is 0 Å². The average molecular weight is 251 g/mol. The second kappa shape index (κ2) is 4.45. The van der Waals surface area contributed by atoms with Crippen LogP contribution >= 0.6 is 15.9 Å². The molecule has 13 heavy (non-hydrogen) atoms. The monoisotopic (exact) mass is 250 g/mol. The predicted octanol–water partition coefficient (Wildman–Crippen LogP) is 3.44. The lowest BCUT2D eigenvalue weighted by Crippen LogP contribution is -2.27. The van der Waals surface area contributed by atoms with E-state index in [1.165, 1.54) is 0 Å². The van der Waals surface area contributed by atoms with Crippen molar-refractivity contribution in [1.29, 1.82) is 0 Å². The van der Waals surface area contributed by atoms with E-state index >= 15 is 0 Å². The lowest BCUT2D eigenvalue weighted by atomic mass is 9.80. The zero-order chi connectivity index (χ0) is 10.7. The van der Waals surface area contributed by atoms with E-state index in [-0.39, 0.29) is 16.2 Å². The first kappa shape index (κ1) is 12.9. The molecule has 0 spiro atoms. The largest absolute Gasteiger partial charge is 0.481 e. The maximum Gasteiger partial charge on any atom is 0.303 e. The summed E-state index contributed by atoms with van der Waals surface area (Å²) in [6.45, 7) is 8.20. The zero-order valence-corrected chi connectivity index (χ0v) is 10.4. The van der Waals surface area contributed by atoms with E-state index in [0.29, 0.717) is 0 Å². The summed E-state index contributed by atoms with van der Waals surface area (Å²) in [6.07, 6.45) is 2.12. The van der Waals surface area contributed by atoms with Crippen LogP contribution in [0.25, 0.3) is 0 Å². The van der Waals surface area contributed by atoms with E-state index in [1.54, 1.807) is 0 Å². The van der Waals surface area contributed by atoms with Gasteiger partial charge in [0, 0.05) is 4.32 Å². The van der Waals surface area contributed by atoms with Gasteiger partial charge in [-0.3, -0.25) is 4.79 Å². The van der Waals surface area contributed by atoms with Gasteiger partial charge in [-0.2, -0.15) is 0 Å². The van der Waals surface area contributed by atoms with Crippen LogP contribution in [0.4, 0.5) is 0 Å². The maximum atomic E-state index is 10.6. The minimum Gasteiger partial charge on any atom is -0.481 e. The SMILES string of the molecule is CCC(C)(Br)CC(C)(C)CC(=O)O. The molecule has 0 heterocycles. The molecule has 0 fully saturated rings. The molecule has 1 unspecified atom stereocenters. The fourth-order valence-corrected chi connectivity index (χ4v) is 2.35. The molecular weight excluding hydrogens is 232 g/mol. The van der Waals surface area contributed by atoms with E-state index in [1.807, 2.05) is 13.8 Å². The van der Waals surface area contributed by atoms with Gasteiger partial charge in [0.2, 0.25) is 0 Å². The van der Waals surface area contributed by atoms with Gasteiger partial charge in [0.15, 0.2) is 0 Å². The van der Waals surface area contributed by atoms with Crippen molar-refractivity contribution < 1.29 is 9.90 Å². The van der Waals surface area contributed by atoms with Crippen molar-refractivity contribution in [3.05, 3.63) is 0 Å². The zero-order valence-electron chi connectivity index (χ0n) is 8.85. The molecule has 0 aliphatic heterocycles. The van der Waals surface area contributed by atoms with Gasteiger partial charge in [-0.05, 0) is 25.2 Å². The van der Waals surface area contributed by atoms with Crippen molar-refractivity contribution >= 4 is 21.9 Å². The Kier molecular flexibility index (Phi) is 4.43. The van der Waals surface area contributed by atoms with Gasteiger partial charge in [0.05, 0.1) is 6.42 Å². The Morgan fingerprint density at radius 1 is 1.38 bits per heavy atom. The number of halogens is 1. The van der Waals surface area contributed by atoms with E-state index in [4.69, 9.17) is 5.11 Å². The molecule has 0 saturated heterocycles. The smallest absolute Gasteiger partial charge is 0.303 e. The molecule has 78 valence electrons. The number of hydrogen-bond acceptors (Lipinski definition) is 1. The van der Waals surface area contributed by atoms with Gasteiger partial charge >= 0.3 is 5.97 Å². The predicted molar refractivity (Wildman–Crippen MR) is 58.3 cm³/mol. The standard InChI is InChI=1S/C10H19BrO2/c1-5-10(4,11)7-9(2,3)6-8(12)13/h5-7H2,1-4H3,(H,12,13). The molecule has 1 atom stereocenters. The fourth-order valence-electron chi connectivity index (χ4n) is 1.59. The van der Waals surface area contributed by atoms with Crippen LogP contribution in [0, 0.1) is 5.41 Å². The molecule has 0 aliphatic carbocycles. The molecule has 0 aliphatic rings. The molecule has 0 saturated carbocycles. The molecule has 3 heteroatoms. The molecular formula is C10H19BrO2. The van der Waals surface area contributed by atoms with Crippen LogP contribution in [-0.2, 0) is 4.79 Å². The molecule has 0 amide bonds. The summed E-state index contributed by atoms with van der Waals surface area (Å²) in [7, 11) is 0. The molecule has 0 aromatic rings. The summed E-state index contributed by atoms with van der Waals surface area (Å²) in [4.78, 5) is 10.6. The van der Waals surface area contributed by atoms with Crippen LogP contribution in [0.15, 0.2) is 0 Å². The van der Waals surface area contributed by atoms with E-state index in [0.717, 1.165) is 12.8 Å². The molecule has 1 N–H and O–H groups in total. The van der Waals surface area contributed by atoms with Crippen molar-refractivity contribution in [3.8, 4) is 0 Å². The maximum absolute atomic E-state index is 10.6. The second-order valence-electron chi connectivity index (χ2n) is 4.68. The lowest BCUT2D eigenvalue weighted by Gasteiger charge is -2.31. The Hall–Kier alpha value is -0.0500. The van der Waals surface area contributed by atoms with Crippen LogP contribution in [0.5, 0.6) is 0 Å². The number of hydrogen-bond donors (Lipinski definition) is 1. The van der Waals surface area contributed by atoms with E-state index < -0.39 is 5.97 Å².